The zero-order valence-electron chi connectivity index (χ0n) is 24.5. The minimum atomic E-state index is -1.20. The van der Waals surface area contributed by atoms with Crippen molar-refractivity contribution >= 4 is 59.2 Å². The third-order valence-electron chi connectivity index (χ3n) is 7.04. The average Bonchev–Trinajstić information content (AvgIpc) is 3.10. The first-order valence-electron chi connectivity index (χ1n) is 14.8. The maximum absolute atomic E-state index is 3.92. The van der Waals surface area contributed by atoms with Gasteiger partial charge in [0.25, 0.3) is 0 Å². The van der Waals surface area contributed by atoms with Crippen LogP contribution in [0, 0.1) is 0 Å². The van der Waals surface area contributed by atoms with Crippen LogP contribution in [0.5, 0.6) is 0 Å². The average molecular weight is 643 g/mol. The summed E-state index contributed by atoms with van der Waals surface area (Å²) in [4.78, 5) is 0. The quantitative estimate of drug-likeness (QED) is 0.122. The van der Waals surface area contributed by atoms with Crippen molar-refractivity contribution in [3.63, 3.8) is 0 Å². The highest BCUT2D eigenvalue weighted by Crippen LogP contribution is 2.82. The van der Waals surface area contributed by atoms with Crippen molar-refractivity contribution in [2.75, 3.05) is 28.6 Å². The van der Waals surface area contributed by atoms with Gasteiger partial charge in [0.2, 0.25) is 25.1 Å². The molecule has 0 spiro atoms. The predicted octanol–water partition coefficient (Wildman–Crippen LogP) is 11.5. The summed E-state index contributed by atoms with van der Waals surface area (Å²) in [6, 6.07) is 63.8. The SMILES string of the molecule is c1ccc(NP(Nc2ccccc2)N(c2ccccc2)P2N(c3ccccc3)P(Nc3ccccc3)N2c2ccccc2)cc1. The van der Waals surface area contributed by atoms with Gasteiger partial charge in [-0.15, -0.1) is 0 Å². The number of nitrogens with zero attached hydrogens (tertiary/aromatic N) is 3. The van der Waals surface area contributed by atoms with Crippen molar-refractivity contribution in [1.29, 1.82) is 0 Å². The molecule has 0 radical (unpaired) electrons. The smallest absolute Gasteiger partial charge is 0.227 e. The fraction of sp³-hybridized carbons (Fsp3) is 0. The highest BCUT2D eigenvalue weighted by Gasteiger charge is 2.54. The Morgan fingerprint density at radius 2 is 0.778 bits per heavy atom. The summed E-state index contributed by atoms with van der Waals surface area (Å²) >= 11 is 0. The van der Waals surface area contributed by atoms with Gasteiger partial charge in [-0.1, -0.05) is 109 Å². The Balaban J connectivity index is 1.39. The van der Waals surface area contributed by atoms with Crippen LogP contribution in [0.4, 0.5) is 34.1 Å². The molecule has 222 valence electrons. The van der Waals surface area contributed by atoms with E-state index in [-0.39, 0.29) is 0 Å². The van der Waals surface area contributed by atoms with Gasteiger partial charge in [-0.3, -0.25) is 13.3 Å². The largest absolute Gasteiger partial charge is 0.330 e. The molecule has 0 saturated carbocycles. The van der Waals surface area contributed by atoms with Gasteiger partial charge in [0.05, 0.1) is 0 Å². The molecule has 1 fully saturated rings. The van der Waals surface area contributed by atoms with Gasteiger partial charge in [-0.25, -0.2) is 0 Å². The summed E-state index contributed by atoms with van der Waals surface area (Å²) in [6.07, 6.45) is 0. The molecule has 1 aliphatic rings. The molecule has 7 rings (SSSR count). The third kappa shape index (κ3) is 6.60. The van der Waals surface area contributed by atoms with Crippen LogP contribution in [0.3, 0.4) is 0 Å². The molecule has 45 heavy (non-hydrogen) atoms. The molecule has 1 aliphatic heterocycles. The molecule has 6 nitrogen and oxygen atoms in total. The van der Waals surface area contributed by atoms with Gasteiger partial charge < -0.3 is 15.3 Å². The number of hydrogen-bond donors (Lipinski definition) is 3. The number of hydrogen-bond acceptors (Lipinski definition) is 6. The number of rotatable bonds is 11. The highest BCUT2D eigenvalue weighted by atomic mass is 31.3. The Morgan fingerprint density at radius 3 is 1.20 bits per heavy atom. The lowest BCUT2D eigenvalue weighted by atomic mass is 10.3. The Kier molecular flexibility index (Phi) is 9.08. The first-order chi connectivity index (χ1) is 22.3. The molecule has 0 bridgehead atoms. The van der Waals surface area contributed by atoms with Crippen LogP contribution < -0.4 is 28.6 Å². The lowest BCUT2D eigenvalue weighted by Crippen LogP contribution is -2.46. The molecular weight excluding hydrogens is 609 g/mol. The van der Waals surface area contributed by atoms with Gasteiger partial charge in [0.15, 0.2) is 0 Å². The van der Waals surface area contributed by atoms with E-state index in [0.29, 0.717) is 0 Å². The van der Waals surface area contributed by atoms with E-state index in [1.165, 1.54) is 11.4 Å². The third-order valence-corrected chi connectivity index (χ3v) is 14.9. The van der Waals surface area contributed by atoms with Crippen LogP contribution in [0.15, 0.2) is 182 Å². The molecule has 9 heteroatoms. The van der Waals surface area contributed by atoms with Gasteiger partial charge in [0, 0.05) is 34.1 Å². The van der Waals surface area contributed by atoms with E-state index >= 15 is 0 Å². The molecule has 0 unspecified atom stereocenters. The van der Waals surface area contributed by atoms with Crippen molar-refractivity contribution < 1.29 is 0 Å². The minimum absolute atomic E-state index is 1.00. The summed E-state index contributed by atoms with van der Waals surface area (Å²) in [7, 11) is -3.31. The summed E-state index contributed by atoms with van der Waals surface area (Å²) in [5.74, 6) is 0. The van der Waals surface area contributed by atoms with Gasteiger partial charge >= 0.3 is 0 Å². The van der Waals surface area contributed by atoms with E-state index in [4.69, 9.17) is 0 Å². The highest BCUT2D eigenvalue weighted by molar-refractivity contribution is 8.00. The molecular formula is C36H33N6P3. The van der Waals surface area contributed by atoms with Crippen LogP contribution in [0.25, 0.3) is 0 Å². The number of nitrogens with one attached hydrogen (secondary N) is 3. The molecule has 1 saturated heterocycles. The molecule has 0 amide bonds. The molecule has 6 aromatic carbocycles. The molecule has 6 aromatic rings. The van der Waals surface area contributed by atoms with Gasteiger partial charge in [0.1, 0.15) is 0 Å². The van der Waals surface area contributed by atoms with Crippen LogP contribution >= 0.6 is 25.1 Å². The number of para-hydroxylation sites is 6. The fourth-order valence-corrected chi connectivity index (χ4v) is 13.5. The lowest BCUT2D eigenvalue weighted by molar-refractivity contribution is 1.35. The monoisotopic (exact) mass is 642 g/mol. The number of benzene rings is 6. The Bertz CT molecular complexity index is 1670. The Labute approximate surface area is 269 Å². The Hall–Kier alpha value is -4.59. The van der Waals surface area contributed by atoms with Crippen molar-refractivity contribution in [3.8, 4) is 0 Å². The van der Waals surface area contributed by atoms with Crippen molar-refractivity contribution in [2.24, 2.45) is 0 Å². The Morgan fingerprint density at radius 1 is 0.422 bits per heavy atom. The minimum Gasteiger partial charge on any atom is -0.330 e. The molecule has 0 aromatic heterocycles. The molecule has 0 atom stereocenters. The summed E-state index contributed by atoms with van der Waals surface area (Å²) in [5.41, 5.74) is 6.72. The van der Waals surface area contributed by atoms with Gasteiger partial charge in [-0.05, 0) is 72.8 Å². The summed E-state index contributed by atoms with van der Waals surface area (Å²) < 4.78 is 7.74. The van der Waals surface area contributed by atoms with Gasteiger partial charge in [-0.2, -0.15) is 0 Å². The van der Waals surface area contributed by atoms with E-state index < -0.39 is 25.1 Å². The zero-order chi connectivity index (χ0) is 30.3. The topological polar surface area (TPSA) is 45.8 Å². The predicted molar refractivity (Wildman–Crippen MR) is 198 cm³/mol. The first-order valence-corrected chi connectivity index (χ1v) is 18.5. The van der Waals surface area contributed by atoms with E-state index in [2.05, 4.69) is 211 Å². The van der Waals surface area contributed by atoms with Crippen molar-refractivity contribution in [2.45, 2.75) is 0 Å². The molecule has 3 N–H and O–H groups in total. The van der Waals surface area contributed by atoms with Crippen LogP contribution in [0.1, 0.15) is 0 Å². The standard InChI is InChI=1S/C36H33N6P3/c1-7-19-31(20-8-1)37-43(38-32-21-9-2-10-22-32)40(34-25-13-4-14-26-34)45-41(35-27-15-5-16-28-35)44(39-33-23-11-3-12-24-33)42(45)36-29-17-6-18-30-36/h1-30,37-39H. The van der Waals surface area contributed by atoms with E-state index in [9.17, 15) is 0 Å². The van der Waals surface area contributed by atoms with Crippen LogP contribution in [-0.2, 0) is 0 Å². The second-order valence-electron chi connectivity index (χ2n) is 10.2. The maximum Gasteiger partial charge on any atom is 0.227 e. The van der Waals surface area contributed by atoms with Crippen molar-refractivity contribution in [3.05, 3.63) is 182 Å². The number of anilines is 6. The zero-order valence-corrected chi connectivity index (χ0v) is 27.2. The lowest BCUT2D eigenvalue weighted by Gasteiger charge is -2.60. The van der Waals surface area contributed by atoms with Crippen molar-refractivity contribution in [1.82, 2.24) is 0 Å². The van der Waals surface area contributed by atoms with E-state index in [0.717, 1.165) is 22.7 Å². The second-order valence-corrected chi connectivity index (χ2v) is 15.9. The van der Waals surface area contributed by atoms with Crippen LogP contribution in [-0.4, -0.2) is 0 Å². The van der Waals surface area contributed by atoms with Crippen LogP contribution in [0.2, 0.25) is 0 Å². The first kappa shape index (κ1) is 29.1. The van der Waals surface area contributed by atoms with E-state index in [1.54, 1.807) is 0 Å². The maximum atomic E-state index is 3.92. The summed E-state index contributed by atoms with van der Waals surface area (Å²) in [5, 5.41) is 11.7. The van der Waals surface area contributed by atoms with E-state index in [1.807, 2.05) is 0 Å². The molecule has 1 heterocycles. The fourth-order valence-electron chi connectivity index (χ4n) is 4.96. The second kappa shape index (κ2) is 14.0. The molecule has 0 aliphatic carbocycles. The summed E-state index contributed by atoms with van der Waals surface area (Å²) in [6.45, 7) is 0. The normalized spacial score (nSPS) is 15.7.